The van der Waals surface area contributed by atoms with E-state index in [2.05, 4.69) is 26.2 Å². The average Bonchev–Trinajstić information content (AvgIpc) is 3.30. The van der Waals surface area contributed by atoms with Crippen LogP contribution in [0.15, 0.2) is 47.2 Å². The van der Waals surface area contributed by atoms with E-state index in [1.165, 1.54) is 0 Å². The minimum absolute atomic E-state index is 0.0775. The third-order valence-electron chi connectivity index (χ3n) is 3.55. The lowest BCUT2D eigenvalue weighted by Crippen LogP contribution is -2.39. The van der Waals surface area contributed by atoms with Gasteiger partial charge in [0.25, 0.3) is 0 Å². The molecule has 2 heterocycles. The Hall–Kier alpha value is -2.74. The number of carbonyl (C=O) groups excluding carboxylic acids is 1. The zero-order valence-corrected chi connectivity index (χ0v) is 14.0. The Morgan fingerprint density at radius 2 is 2.12 bits per heavy atom. The molecule has 3 aromatic rings. The predicted octanol–water partition coefficient (Wildman–Crippen LogP) is 2.23. The van der Waals surface area contributed by atoms with Gasteiger partial charge >= 0.3 is 0 Å². The van der Waals surface area contributed by atoms with Crippen LogP contribution in [0.2, 0.25) is 0 Å². The van der Waals surface area contributed by atoms with Crippen molar-refractivity contribution in [2.75, 3.05) is 5.32 Å². The summed E-state index contributed by atoms with van der Waals surface area (Å²) in [4.78, 5) is 12.4. The number of thiophene rings is 1. The quantitative estimate of drug-likeness (QED) is 0.688. The second kappa shape index (κ2) is 7.69. The summed E-state index contributed by atoms with van der Waals surface area (Å²) >= 11 is 1.61. The van der Waals surface area contributed by atoms with E-state index in [9.17, 15) is 4.79 Å². The standard InChI is InChI=1S/C16H18N6OS/c1-2-14(15(23)17-10-12-8-9-24-11-12)18-16-19-20-21-22(16)13-6-4-3-5-7-13/h3-9,11,14H,2,10H2,1H3,(H,17,23)(H,18,19,21). The Morgan fingerprint density at radius 1 is 1.29 bits per heavy atom. The van der Waals surface area contributed by atoms with Crippen LogP contribution in [-0.4, -0.2) is 32.2 Å². The molecule has 24 heavy (non-hydrogen) atoms. The minimum atomic E-state index is -0.405. The maximum Gasteiger partial charge on any atom is 0.248 e. The topological polar surface area (TPSA) is 84.7 Å². The van der Waals surface area contributed by atoms with Crippen LogP contribution < -0.4 is 10.6 Å². The fourth-order valence-corrected chi connectivity index (χ4v) is 2.90. The van der Waals surface area contributed by atoms with E-state index in [0.29, 0.717) is 18.9 Å². The fraction of sp³-hybridized carbons (Fsp3) is 0.250. The highest BCUT2D eigenvalue weighted by Crippen LogP contribution is 2.12. The SMILES string of the molecule is CCC(Nc1nnnn1-c1ccccc1)C(=O)NCc1ccsc1. The number of carbonyl (C=O) groups is 1. The number of hydrogen-bond acceptors (Lipinski definition) is 6. The molecule has 0 aliphatic rings. The highest BCUT2D eigenvalue weighted by Gasteiger charge is 2.19. The van der Waals surface area contributed by atoms with Crippen molar-refractivity contribution in [3.63, 3.8) is 0 Å². The number of tetrazole rings is 1. The molecule has 3 rings (SSSR count). The van der Waals surface area contributed by atoms with Gasteiger partial charge in [-0.3, -0.25) is 4.79 Å². The maximum absolute atomic E-state index is 12.4. The van der Waals surface area contributed by atoms with Gasteiger partial charge in [-0.15, -0.1) is 0 Å². The van der Waals surface area contributed by atoms with Gasteiger partial charge in [0, 0.05) is 6.54 Å². The second-order valence-electron chi connectivity index (χ2n) is 5.20. The Morgan fingerprint density at radius 3 is 2.83 bits per heavy atom. The summed E-state index contributed by atoms with van der Waals surface area (Å²) in [5.41, 5.74) is 1.93. The Kier molecular flexibility index (Phi) is 5.17. The van der Waals surface area contributed by atoms with Crippen LogP contribution in [0, 0.1) is 0 Å². The van der Waals surface area contributed by atoms with Crippen LogP contribution >= 0.6 is 11.3 Å². The zero-order valence-electron chi connectivity index (χ0n) is 13.2. The molecule has 0 aliphatic heterocycles. The normalized spacial score (nSPS) is 11.9. The van der Waals surface area contributed by atoms with E-state index in [0.717, 1.165) is 11.3 Å². The number of para-hydroxylation sites is 1. The first-order valence-corrected chi connectivity index (χ1v) is 8.61. The lowest BCUT2D eigenvalue weighted by molar-refractivity contribution is -0.122. The molecular formula is C16H18N6OS. The van der Waals surface area contributed by atoms with Gasteiger partial charge in [-0.05, 0) is 51.4 Å². The number of anilines is 1. The molecule has 1 atom stereocenters. The number of rotatable bonds is 7. The molecule has 8 heteroatoms. The van der Waals surface area contributed by atoms with E-state index in [1.807, 2.05) is 54.1 Å². The van der Waals surface area contributed by atoms with Crippen molar-refractivity contribution < 1.29 is 4.79 Å². The van der Waals surface area contributed by atoms with Gasteiger partial charge in [0.1, 0.15) is 6.04 Å². The first-order chi connectivity index (χ1) is 11.8. The molecule has 0 fully saturated rings. The van der Waals surface area contributed by atoms with Gasteiger partial charge in [-0.1, -0.05) is 30.2 Å². The van der Waals surface area contributed by atoms with Gasteiger partial charge < -0.3 is 10.6 Å². The molecule has 0 radical (unpaired) electrons. The summed E-state index contributed by atoms with van der Waals surface area (Å²) in [7, 11) is 0. The number of aromatic nitrogens is 4. The molecule has 2 N–H and O–H groups in total. The largest absolute Gasteiger partial charge is 0.350 e. The minimum Gasteiger partial charge on any atom is -0.350 e. The zero-order chi connectivity index (χ0) is 16.8. The van der Waals surface area contributed by atoms with Crippen LogP contribution in [0.3, 0.4) is 0 Å². The smallest absolute Gasteiger partial charge is 0.248 e. The molecule has 1 unspecified atom stereocenters. The van der Waals surface area contributed by atoms with Crippen LogP contribution in [-0.2, 0) is 11.3 Å². The number of hydrogen-bond donors (Lipinski definition) is 2. The Labute approximate surface area is 143 Å². The van der Waals surface area contributed by atoms with E-state index in [4.69, 9.17) is 0 Å². The molecule has 1 amide bonds. The van der Waals surface area contributed by atoms with E-state index in [1.54, 1.807) is 16.0 Å². The molecule has 0 spiro atoms. The molecular weight excluding hydrogens is 324 g/mol. The molecule has 124 valence electrons. The van der Waals surface area contributed by atoms with Gasteiger partial charge in [-0.25, -0.2) is 0 Å². The Balaban J connectivity index is 1.67. The van der Waals surface area contributed by atoms with Gasteiger partial charge in [0.2, 0.25) is 11.9 Å². The first kappa shape index (κ1) is 16.1. The second-order valence-corrected chi connectivity index (χ2v) is 5.98. The van der Waals surface area contributed by atoms with E-state index < -0.39 is 6.04 Å². The summed E-state index contributed by atoms with van der Waals surface area (Å²) in [5, 5.41) is 21.7. The average molecular weight is 342 g/mol. The van der Waals surface area contributed by atoms with E-state index >= 15 is 0 Å². The molecule has 1 aromatic carbocycles. The monoisotopic (exact) mass is 342 g/mol. The van der Waals surface area contributed by atoms with Crippen LogP contribution in [0.25, 0.3) is 5.69 Å². The van der Waals surface area contributed by atoms with Gasteiger partial charge in [0.05, 0.1) is 5.69 Å². The van der Waals surface area contributed by atoms with Gasteiger partial charge in [0.15, 0.2) is 0 Å². The summed E-state index contributed by atoms with van der Waals surface area (Å²) in [6, 6.07) is 11.1. The van der Waals surface area contributed by atoms with Crippen molar-refractivity contribution in [1.29, 1.82) is 0 Å². The molecule has 0 saturated heterocycles. The number of nitrogens with one attached hydrogen (secondary N) is 2. The van der Waals surface area contributed by atoms with Crippen molar-refractivity contribution in [2.45, 2.75) is 25.9 Å². The molecule has 0 bridgehead atoms. The van der Waals surface area contributed by atoms with Gasteiger partial charge in [-0.2, -0.15) is 16.0 Å². The van der Waals surface area contributed by atoms with Crippen LogP contribution in [0.1, 0.15) is 18.9 Å². The lowest BCUT2D eigenvalue weighted by Gasteiger charge is -2.17. The predicted molar refractivity (Wildman–Crippen MR) is 93.0 cm³/mol. The van der Waals surface area contributed by atoms with Crippen LogP contribution in [0.5, 0.6) is 0 Å². The first-order valence-electron chi connectivity index (χ1n) is 7.67. The number of benzene rings is 1. The summed E-state index contributed by atoms with van der Waals surface area (Å²) in [6.07, 6.45) is 0.622. The van der Waals surface area contributed by atoms with Crippen molar-refractivity contribution >= 4 is 23.2 Å². The number of amides is 1. The summed E-state index contributed by atoms with van der Waals surface area (Å²) in [5.74, 6) is 0.366. The maximum atomic E-state index is 12.4. The summed E-state index contributed by atoms with van der Waals surface area (Å²) in [6.45, 7) is 2.46. The molecule has 0 saturated carbocycles. The molecule has 2 aromatic heterocycles. The third kappa shape index (κ3) is 3.77. The fourth-order valence-electron chi connectivity index (χ4n) is 2.23. The highest BCUT2D eigenvalue weighted by atomic mass is 32.1. The highest BCUT2D eigenvalue weighted by molar-refractivity contribution is 7.07. The lowest BCUT2D eigenvalue weighted by atomic mass is 10.2. The molecule has 7 nitrogen and oxygen atoms in total. The van der Waals surface area contributed by atoms with Crippen molar-refractivity contribution in [3.8, 4) is 5.69 Å². The third-order valence-corrected chi connectivity index (χ3v) is 4.28. The van der Waals surface area contributed by atoms with Crippen molar-refractivity contribution in [3.05, 3.63) is 52.7 Å². The van der Waals surface area contributed by atoms with Crippen LogP contribution in [0.4, 0.5) is 5.95 Å². The Bertz CT molecular complexity index is 771. The van der Waals surface area contributed by atoms with Crippen molar-refractivity contribution in [1.82, 2.24) is 25.5 Å². The van der Waals surface area contributed by atoms with Crippen molar-refractivity contribution in [2.24, 2.45) is 0 Å². The number of nitrogens with zero attached hydrogens (tertiary/aromatic N) is 4. The van der Waals surface area contributed by atoms with E-state index in [-0.39, 0.29) is 5.91 Å². The summed E-state index contributed by atoms with van der Waals surface area (Å²) < 4.78 is 1.58. The molecule has 0 aliphatic carbocycles.